The predicted octanol–water partition coefficient (Wildman–Crippen LogP) is 5.99. The van der Waals surface area contributed by atoms with Crippen molar-refractivity contribution in [2.45, 2.75) is 58.3 Å². The minimum Gasteiger partial charge on any atom is -0.481 e. The minimum absolute atomic E-state index is 0.274. The van der Waals surface area contributed by atoms with Crippen LogP contribution >= 0.6 is 0 Å². The van der Waals surface area contributed by atoms with Crippen molar-refractivity contribution in [1.82, 2.24) is 0 Å². The molecule has 0 radical (unpaired) electrons. The van der Waals surface area contributed by atoms with Gasteiger partial charge in [0.2, 0.25) is 0 Å². The molecule has 122 valence electrons. The van der Waals surface area contributed by atoms with E-state index in [1.165, 1.54) is 0 Å². The van der Waals surface area contributed by atoms with Crippen LogP contribution in [-0.2, 0) is 4.79 Å². The van der Waals surface area contributed by atoms with Gasteiger partial charge in [0, 0.05) is 6.42 Å². The third kappa shape index (κ3) is 18.2. The van der Waals surface area contributed by atoms with E-state index in [-0.39, 0.29) is 6.42 Å². The van der Waals surface area contributed by atoms with Crippen molar-refractivity contribution >= 4 is 5.97 Å². The first kappa shape index (κ1) is 20.2. The molecule has 0 saturated heterocycles. The monoisotopic (exact) mass is 302 g/mol. The van der Waals surface area contributed by atoms with Gasteiger partial charge < -0.3 is 5.11 Å². The molecule has 1 N–H and O–H groups in total. The van der Waals surface area contributed by atoms with Crippen LogP contribution in [0.1, 0.15) is 58.3 Å². The second kappa shape index (κ2) is 17.2. The maximum absolute atomic E-state index is 10.3. The maximum atomic E-state index is 10.3. The fourth-order valence-electron chi connectivity index (χ4n) is 1.76. The van der Waals surface area contributed by atoms with Crippen LogP contribution in [0.2, 0.25) is 0 Å². The number of rotatable bonds is 13. The molecule has 0 fully saturated rings. The van der Waals surface area contributed by atoms with Crippen molar-refractivity contribution in [3.8, 4) is 0 Å². The number of unbranched alkanes of at least 4 members (excludes halogenated alkanes) is 3. The smallest absolute Gasteiger partial charge is 0.303 e. The Morgan fingerprint density at radius 2 is 1.41 bits per heavy atom. The van der Waals surface area contributed by atoms with Crippen molar-refractivity contribution in [2.75, 3.05) is 0 Å². The number of carboxylic acid groups (broad SMARTS) is 1. The number of carboxylic acids is 1. The van der Waals surface area contributed by atoms with E-state index >= 15 is 0 Å². The lowest BCUT2D eigenvalue weighted by molar-refractivity contribution is -0.137. The van der Waals surface area contributed by atoms with E-state index < -0.39 is 5.97 Å². The highest BCUT2D eigenvalue weighted by atomic mass is 16.4. The average molecular weight is 302 g/mol. The van der Waals surface area contributed by atoms with Gasteiger partial charge >= 0.3 is 5.97 Å². The van der Waals surface area contributed by atoms with Gasteiger partial charge in [-0.05, 0) is 44.9 Å². The van der Waals surface area contributed by atoms with Gasteiger partial charge in [-0.2, -0.15) is 0 Å². The summed E-state index contributed by atoms with van der Waals surface area (Å²) in [6.45, 7) is 2.15. The molecule has 0 saturated carbocycles. The van der Waals surface area contributed by atoms with E-state index in [4.69, 9.17) is 5.11 Å². The summed E-state index contributed by atoms with van der Waals surface area (Å²) in [6.07, 6.45) is 28.4. The summed E-state index contributed by atoms with van der Waals surface area (Å²) < 4.78 is 0. The van der Waals surface area contributed by atoms with Crippen LogP contribution in [0.3, 0.4) is 0 Å². The lowest BCUT2D eigenvalue weighted by Crippen LogP contribution is -1.92. The molecule has 0 amide bonds. The SMILES string of the molecule is CC/C=C/C/C=C/CC/C=C/C=C/C=C/CCCCC(=O)O. The highest BCUT2D eigenvalue weighted by Crippen LogP contribution is 2.01. The molecule has 0 aromatic rings. The summed E-state index contributed by atoms with van der Waals surface area (Å²) in [4.78, 5) is 10.3. The molecule has 0 aromatic heterocycles. The topological polar surface area (TPSA) is 37.3 Å². The Morgan fingerprint density at radius 1 is 0.773 bits per heavy atom. The lowest BCUT2D eigenvalue weighted by Gasteiger charge is -1.91. The van der Waals surface area contributed by atoms with Gasteiger partial charge in [0.1, 0.15) is 0 Å². The first-order valence-corrected chi connectivity index (χ1v) is 8.27. The van der Waals surface area contributed by atoms with E-state index in [9.17, 15) is 4.79 Å². The minimum atomic E-state index is -0.707. The molecule has 22 heavy (non-hydrogen) atoms. The van der Waals surface area contributed by atoms with Crippen LogP contribution in [-0.4, -0.2) is 11.1 Å². The van der Waals surface area contributed by atoms with Gasteiger partial charge in [-0.3, -0.25) is 4.79 Å². The fraction of sp³-hybridized carbons (Fsp3) is 0.450. The standard InChI is InChI=1S/C20H30O2/c1-2-3-4-5-6-7-8-9-10-11-12-13-14-15-16-17-18-19-20(21)22/h3-4,6-7,10-15H,2,5,8-9,16-19H2,1H3,(H,21,22)/b4-3+,7-6+,11-10+,13-12+,15-14+. The summed E-state index contributed by atoms with van der Waals surface area (Å²) in [6, 6.07) is 0. The zero-order valence-corrected chi connectivity index (χ0v) is 13.8. The highest BCUT2D eigenvalue weighted by molar-refractivity contribution is 5.66. The largest absolute Gasteiger partial charge is 0.481 e. The lowest BCUT2D eigenvalue weighted by atomic mass is 10.2. The van der Waals surface area contributed by atoms with Gasteiger partial charge in [0.25, 0.3) is 0 Å². The Bertz CT molecular complexity index is 398. The Kier molecular flexibility index (Phi) is 15.8. The average Bonchev–Trinajstić information content (AvgIpc) is 2.50. The van der Waals surface area contributed by atoms with Gasteiger partial charge in [0.15, 0.2) is 0 Å². The summed E-state index contributed by atoms with van der Waals surface area (Å²) in [7, 11) is 0. The Balaban J connectivity index is 3.48. The molecule has 0 aliphatic carbocycles. The van der Waals surface area contributed by atoms with E-state index in [1.54, 1.807) is 0 Å². The normalized spacial score (nSPS) is 12.8. The predicted molar refractivity (Wildman–Crippen MR) is 95.9 cm³/mol. The number of allylic oxidation sites excluding steroid dienone is 10. The number of hydrogen-bond acceptors (Lipinski definition) is 1. The molecule has 0 heterocycles. The molecule has 0 spiro atoms. The quantitative estimate of drug-likeness (QED) is 0.258. The van der Waals surface area contributed by atoms with Crippen LogP contribution < -0.4 is 0 Å². The highest BCUT2D eigenvalue weighted by Gasteiger charge is 1.93. The summed E-state index contributed by atoms with van der Waals surface area (Å²) in [5, 5.41) is 8.50. The molecule has 0 unspecified atom stereocenters. The zero-order chi connectivity index (χ0) is 16.3. The molecule has 0 aliphatic rings. The van der Waals surface area contributed by atoms with E-state index in [2.05, 4.69) is 49.5 Å². The molecule has 0 aromatic carbocycles. The second-order valence-corrected chi connectivity index (χ2v) is 5.04. The van der Waals surface area contributed by atoms with Crippen LogP contribution in [0.5, 0.6) is 0 Å². The third-order valence-corrected chi connectivity index (χ3v) is 2.96. The second-order valence-electron chi connectivity index (χ2n) is 5.04. The molecule has 0 rings (SSSR count). The van der Waals surface area contributed by atoms with Crippen molar-refractivity contribution in [2.24, 2.45) is 0 Å². The molecule has 2 nitrogen and oxygen atoms in total. The van der Waals surface area contributed by atoms with E-state index in [0.717, 1.165) is 44.9 Å². The molecule has 0 atom stereocenters. The number of carbonyl (C=O) groups is 1. The maximum Gasteiger partial charge on any atom is 0.303 e. The summed E-state index contributed by atoms with van der Waals surface area (Å²) >= 11 is 0. The molecule has 2 heteroatoms. The van der Waals surface area contributed by atoms with Gasteiger partial charge in [-0.15, -0.1) is 0 Å². The summed E-state index contributed by atoms with van der Waals surface area (Å²) in [5.41, 5.74) is 0. The van der Waals surface area contributed by atoms with Crippen molar-refractivity contribution in [3.05, 3.63) is 60.8 Å². The van der Waals surface area contributed by atoms with Gasteiger partial charge in [0.05, 0.1) is 0 Å². The summed E-state index contributed by atoms with van der Waals surface area (Å²) in [5.74, 6) is -0.707. The zero-order valence-electron chi connectivity index (χ0n) is 13.8. The molecule has 0 bridgehead atoms. The van der Waals surface area contributed by atoms with Crippen LogP contribution in [0.15, 0.2) is 60.8 Å². The Labute approximate surface area is 135 Å². The Hall–Kier alpha value is -1.83. The van der Waals surface area contributed by atoms with Crippen LogP contribution in [0, 0.1) is 0 Å². The van der Waals surface area contributed by atoms with Crippen molar-refractivity contribution in [1.29, 1.82) is 0 Å². The van der Waals surface area contributed by atoms with Crippen molar-refractivity contribution in [3.63, 3.8) is 0 Å². The number of hydrogen-bond donors (Lipinski definition) is 1. The van der Waals surface area contributed by atoms with Gasteiger partial charge in [-0.25, -0.2) is 0 Å². The van der Waals surface area contributed by atoms with Gasteiger partial charge in [-0.1, -0.05) is 67.7 Å². The first-order chi connectivity index (χ1) is 10.8. The fourth-order valence-corrected chi connectivity index (χ4v) is 1.76. The van der Waals surface area contributed by atoms with Crippen molar-refractivity contribution < 1.29 is 9.90 Å². The number of aliphatic carboxylic acids is 1. The first-order valence-electron chi connectivity index (χ1n) is 8.27. The molecular weight excluding hydrogens is 272 g/mol. The Morgan fingerprint density at radius 3 is 2.09 bits per heavy atom. The molecular formula is C20H30O2. The van der Waals surface area contributed by atoms with E-state index in [0.29, 0.717) is 0 Å². The third-order valence-electron chi connectivity index (χ3n) is 2.96. The van der Waals surface area contributed by atoms with Crippen LogP contribution in [0.25, 0.3) is 0 Å². The van der Waals surface area contributed by atoms with E-state index in [1.807, 2.05) is 18.2 Å². The molecule has 0 aliphatic heterocycles. The van der Waals surface area contributed by atoms with Crippen LogP contribution in [0.4, 0.5) is 0 Å².